The normalized spacial score (nSPS) is 11.2. The molecular formula is C32H32N4O5S. The third-order valence-electron chi connectivity index (χ3n) is 6.24. The summed E-state index contributed by atoms with van der Waals surface area (Å²) in [5.41, 5.74) is 6.28. The van der Waals surface area contributed by atoms with Crippen molar-refractivity contribution in [3.8, 4) is 5.75 Å². The number of amides is 2. The molecule has 0 bridgehead atoms. The largest absolute Gasteiger partial charge is 0.484 e. The van der Waals surface area contributed by atoms with Gasteiger partial charge in [-0.25, -0.2) is 13.8 Å². The molecule has 0 aliphatic carbocycles. The van der Waals surface area contributed by atoms with Crippen molar-refractivity contribution in [2.24, 2.45) is 5.10 Å². The Morgan fingerprint density at radius 2 is 1.52 bits per heavy atom. The molecule has 0 aliphatic rings. The molecule has 4 rings (SSSR count). The molecule has 42 heavy (non-hydrogen) atoms. The number of anilines is 2. The van der Waals surface area contributed by atoms with E-state index in [-0.39, 0.29) is 17.4 Å². The van der Waals surface area contributed by atoms with Gasteiger partial charge in [-0.1, -0.05) is 55.0 Å². The van der Waals surface area contributed by atoms with E-state index >= 15 is 0 Å². The van der Waals surface area contributed by atoms with Crippen LogP contribution in [0.25, 0.3) is 0 Å². The Kier molecular flexibility index (Phi) is 10.1. The molecule has 4 aromatic carbocycles. The van der Waals surface area contributed by atoms with Gasteiger partial charge in [0, 0.05) is 5.69 Å². The van der Waals surface area contributed by atoms with Gasteiger partial charge in [-0.15, -0.1) is 0 Å². The Hall–Kier alpha value is -4.96. The average Bonchev–Trinajstić information content (AvgIpc) is 3.01. The topological polar surface area (TPSA) is 117 Å². The Balaban J connectivity index is 1.34. The van der Waals surface area contributed by atoms with E-state index < -0.39 is 22.5 Å². The number of hydrogen-bond donors (Lipinski definition) is 2. The Labute approximate surface area is 245 Å². The van der Waals surface area contributed by atoms with E-state index in [1.807, 2.05) is 50.2 Å². The zero-order valence-corrected chi connectivity index (χ0v) is 24.2. The van der Waals surface area contributed by atoms with E-state index in [9.17, 15) is 18.0 Å². The predicted molar refractivity (Wildman–Crippen MR) is 164 cm³/mol. The lowest BCUT2D eigenvalue weighted by atomic mass is 10.1. The molecule has 0 unspecified atom stereocenters. The van der Waals surface area contributed by atoms with E-state index in [4.69, 9.17) is 4.74 Å². The number of carbonyl (C=O) groups is 2. The zero-order chi connectivity index (χ0) is 30.0. The van der Waals surface area contributed by atoms with E-state index in [1.54, 1.807) is 54.6 Å². The molecule has 0 fully saturated rings. The first-order valence-corrected chi connectivity index (χ1v) is 14.8. The fourth-order valence-corrected chi connectivity index (χ4v) is 5.35. The van der Waals surface area contributed by atoms with Gasteiger partial charge in [0.2, 0.25) is 0 Å². The van der Waals surface area contributed by atoms with Crippen LogP contribution in [-0.2, 0) is 26.0 Å². The maximum Gasteiger partial charge on any atom is 0.264 e. The summed E-state index contributed by atoms with van der Waals surface area (Å²) < 4.78 is 33.4. The van der Waals surface area contributed by atoms with Crippen LogP contribution in [0.4, 0.5) is 11.4 Å². The van der Waals surface area contributed by atoms with Crippen LogP contribution in [0.1, 0.15) is 23.6 Å². The fraction of sp³-hybridized carbons (Fsp3) is 0.156. The first kappa shape index (κ1) is 30.0. The van der Waals surface area contributed by atoms with Crippen LogP contribution in [0, 0.1) is 6.92 Å². The van der Waals surface area contributed by atoms with E-state index in [1.165, 1.54) is 18.3 Å². The molecule has 0 atom stereocenters. The molecule has 2 amide bonds. The molecule has 0 aliphatic heterocycles. The van der Waals surface area contributed by atoms with Gasteiger partial charge in [-0.2, -0.15) is 5.10 Å². The van der Waals surface area contributed by atoms with Gasteiger partial charge in [0.1, 0.15) is 12.3 Å². The van der Waals surface area contributed by atoms with Crippen molar-refractivity contribution >= 4 is 39.4 Å². The Morgan fingerprint density at radius 1 is 0.857 bits per heavy atom. The Morgan fingerprint density at radius 3 is 2.17 bits per heavy atom. The molecule has 0 aromatic heterocycles. The summed E-state index contributed by atoms with van der Waals surface area (Å²) in [6.07, 6.45) is 2.23. The van der Waals surface area contributed by atoms with Crippen LogP contribution in [0.15, 0.2) is 113 Å². The molecule has 0 heterocycles. The summed E-state index contributed by atoms with van der Waals surface area (Å²) in [6.45, 7) is 3.36. The predicted octanol–water partition coefficient (Wildman–Crippen LogP) is 4.92. The average molecular weight is 585 g/mol. The van der Waals surface area contributed by atoms with Crippen molar-refractivity contribution in [3.63, 3.8) is 0 Å². The molecular weight excluding hydrogens is 552 g/mol. The molecule has 0 spiro atoms. The highest BCUT2D eigenvalue weighted by Crippen LogP contribution is 2.24. The van der Waals surface area contributed by atoms with Crippen molar-refractivity contribution in [3.05, 3.63) is 120 Å². The van der Waals surface area contributed by atoms with E-state index in [0.29, 0.717) is 22.7 Å². The standard InChI is InChI=1S/C32H32N4O5S/c1-3-25-11-17-28(18-12-25)36(42(39,40)30-7-5-4-6-8-30)22-31(37)35-33-21-26-13-19-29(20-14-26)41-23-32(38)34-27-15-9-24(2)10-16-27/h4-21H,3,22-23H2,1-2H3,(H,34,38)(H,35,37)/b33-21-. The Bertz CT molecular complexity index is 1620. The first-order chi connectivity index (χ1) is 20.2. The van der Waals surface area contributed by atoms with Gasteiger partial charge in [0.05, 0.1) is 16.8 Å². The summed E-state index contributed by atoms with van der Waals surface area (Å²) in [4.78, 5) is 25.0. The number of nitrogens with zero attached hydrogens (tertiary/aromatic N) is 2. The lowest BCUT2D eigenvalue weighted by molar-refractivity contribution is -0.119. The summed E-state index contributed by atoms with van der Waals surface area (Å²) in [6, 6.07) is 29.3. The molecule has 10 heteroatoms. The second-order valence-electron chi connectivity index (χ2n) is 9.41. The fourth-order valence-electron chi connectivity index (χ4n) is 3.91. The molecule has 0 radical (unpaired) electrons. The minimum atomic E-state index is -4.00. The van der Waals surface area contributed by atoms with Crippen LogP contribution in [-0.4, -0.2) is 39.6 Å². The number of rotatable bonds is 12. The maximum atomic E-state index is 13.4. The second kappa shape index (κ2) is 14.1. The number of carbonyl (C=O) groups excluding carboxylic acids is 2. The van der Waals surface area contributed by atoms with Gasteiger partial charge >= 0.3 is 0 Å². The maximum absolute atomic E-state index is 13.4. The molecule has 216 valence electrons. The number of ether oxygens (including phenoxy) is 1. The summed E-state index contributed by atoms with van der Waals surface area (Å²) in [7, 11) is -4.00. The van der Waals surface area contributed by atoms with Crippen LogP contribution in [0.5, 0.6) is 5.75 Å². The van der Waals surface area contributed by atoms with Gasteiger partial charge in [-0.3, -0.25) is 13.9 Å². The summed E-state index contributed by atoms with van der Waals surface area (Å²) in [5, 5.41) is 6.75. The van der Waals surface area contributed by atoms with Crippen LogP contribution < -0.4 is 19.8 Å². The van der Waals surface area contributed by atoms with Gasteiger partial charge in [-0.05, 0) is 85.1 Å². The SMILES string of the molecule is CCc1ccc(N(CC(=O)N/N=C\c2ccc(OCC(=O)Nc3ccc(C)cc3)cc2)S(=O)(=O)c2ccccc2)cc1. The van der Waals surface area contributed by atoms with Crippen molar-refractivity contribution in [2.45, 2.75) is 25.2 Å². The van der Waals surface area contributed by atoms with Crippen LogP contribution >= 0.6 is 0 Å². The molecule has 9 nitrogen and oxygen atoms in total. The van der Waals surface area contributed by atoms with E-state index in [0.717, 1.165) is 21.9 Å². The minimum Gasteiger partial charge on any atom is -0.484 e. The number of nitrogens with one attached hydrogen (secondary N) is 2. The lowest BCUT2D eigenvalue weighted by Crippen LogP contribution is -2.39. The van der Waals surface area contributed by atoms with Gasteiger partial charge in [0.15, 0.2) is 6.61 Å². The number of sulfonamides is 1. The number of benzene rings is 4. The van der Waals surface area contributed by atoms with Crippen molar-refractivity contribution in [1.82, 2.24) is 5.43 Å². The minimum absolute atomic E-state index is 0.0795. The number of hydrogen-bond acceptors (Lipinski definition) is 6. The molecule has 4 aromatic rings. The van der Waals surface area contributed by atoms with Gasteiger partial charge < -0.3 is 10.1 Å². The number of aryl methyl sites for hydroxylation is 2. The molecule has 0 saturated carbocycles. The monoisotopic (exact) mass is 584 g/mol. The smallest absolute Gasteiger partial charge is 0.264 e. The molecule has 2 N–H and O–H groups in total. The lowest BCUT2D eigenvalue weighted by Gasteiger charge is -2.24. The summed E-state index contributed by atoms with van der Waals surface area (Å²) >= 11 is 0. The van der Waals surface area contributed by atoms with Crippen molar-refractivity contribution < 1.29 is 22.7 Å². The van der Waals surface area contributed by atoms with Crippen LogP contribution in [0.2, 0.25) is 0 Å². The summed E-state index contributed by atoms with van der Waals surface area (Å²) in [5.74, 6) is -0.396. The van der Waals surface area contributed by atoms with Crippen LogP contribution in [0.3, 0.4) is 0 Å². The van der Waals surface area contributed by atoms with Gasteiger partial charge in [0.25, 0.3) is 21.8 Å². The highest BCUT2D eigenvalue weighted by molar-refractivity contribution is 7.92. The molecule has 0 saturated heterocycles. The number of hydrazone groups is 1. The first-order valence-electron chi connectivity index (χ1n) is 13.3. The third-order valence-corrected chi connectivity index (χ3v) is 8.03. The van der Waals surface area contributed by atoms with E-state index in [2.05, 4.69) is 15.8 Å². The quantitative estimate of drug-likeness (QED) is 0.181. The van der Waals surface area contributed by atoms with Crippen molar-refractivity contribution in [1.29, 1.82) is 0 Å². The third kappa shape index (κ3) is 8.28. The highest BCUT2D eigenvalue weighted by atomic mass is 32.2. The zero-order valence-electron chi connectivity index (χ0n) is 23.4. The van der Waals surface area contributed by atoms with Crippen molar-refractivity contribution in [2.75, 3.05) is 22.8 Å². The highest BCUT2D eigenvalue weighted by Gasteiger charge is 2.27. The second-order valence-corrected chi connectivity index (χ2v) is 11.3.